The van der Waals surface area contributed by atoms with E-state index >= 15 is 0 Å². The molecule has 0 aliphatic heterocycles. The van der Waals surface area contributed by atoms with Crippen molar-refractivity contribution in [2.75, 3.05) is 14.2 Å². The first-order valence-corrected chi connectivity index (χ1v) is 10.2. The van der Waals surface area contributed by atoms with Crippen LogP contribution in [0.1, 0.15) is 5.56 Å². The van der Waals surface area contributed by atoms with Crippen molar-refractivity contribution in [3.8, 4) is 17.4 Å². The molecule has 0 bridgehead atoms. The number of nitrogens with one attached hydrogen (secondary N) is 1. The van der Waals surface area contributed by atoms with Crippen LogP contribution in [0, 0.1) is 0 Å². The standard InChI is InChI=1S/C23H20N6O4/c1-32-19-4-3-14(11-20(19)33-2)5-8-28-9-6-17-15(21(28)30)12-16-18(26-17)7-10-29(22(16)31)23-24-13-25-27-23/h3-4,6-7,9-13H,5,8H2,1-2H3,(H,24,25,27). The number of ether oxygens (including phenoxy) is 2. The van der Waals surface area contributed by atoms with Gasteiger partial charge in [-0.3, -0.25) is 14.2 Å². The normalized spacial score (nSPS) is 11.2. The number of hydrogen-bond acceptors (Lipinski definition) is 7. The van der Waals surface area contributed by atoms with E-state index in [0.29, 0.717) is 52.2 Å². The molecular weight excluding hydrogens is 424 g/mol. The Kier molecular flexibility index (Phi) is 5.09. The van der Waals surface area contributed by atoms with Gasteiger partial charge >= 0.3 is 0 Å². The molecule has 5 rings (SSSR count). The molecule has 5 aromatic rings. The number of aryl methyl sites for hydroxylation is 2. The molecule has 0 spiro atoms. The van der Waals surface area contributed by atoms with E-state index < -0.39 is 0 Å². The zero-order valence-electron chi connectivity index (χ0n) is 18.0. The molecule has 0 unspecified atom stereocenters. The number of nitrogens with zero attached hydrogens (tertiary/aromatic N) is 5. The maximum atomic E-state index is 13.2. The number of benzene rings is 1. The molecule has 0 aliphatic rings. The molecule has 33 heavy (non-hydrogen) atoms. The number of fused-ring (bicyclic) bond motifs is 2. The van der Waals surface area contributed by atoms with Gasteiger partial charge in [-0.05, 0) is 42.3 Å². The lowest BCUT2D eigenvalue weighted by atomic mass is 10.1. The Hall–Kier alpha value is -4.47. The summed E-state index contributed by atoms with van der Waals surface area (Å²) < 4.78 is 13.6. The Bertz CT molecular complexity index is 1590. The van der Waals surface area contributed by atoms with Crippen LogP contribution < -0.4 is 20.6 Å². The largest absolute Gasteiger partial charge is 0.493 e. The molecule has 10 nitrogen and oxygen atoms in total. The molecule has 0 atom stereocenters. The highest BCUT2D eigenvalue weighted by Gasteiger charge is 2.12. The summed E-state index contributed by atoms with van der Waals surface area (Å²) in [6, 6.07) is 10.8. The number of pyridine rings is 3. The highest BCUT2D eigenvalue weighted by atomic mass is 16.5. The molecule has 166 valence electrons. The molecule has 0 radical (unpaired) electrons. The molecule has 10 heteroatoms. The van der Waals surface area contributed by atoms with Gasteiger partial charge < -0.3 is 14.0 Å². The second-order valence-corrected chi connectivity index (χ2v) is 7.41. The maximum Gasteiger partial charge on any atom is 0.266 e. The van der Waals surface area contributed by atoms with Crippen LogP contribution in [0.2, 0.25) is 0 Å². The summed E-state index contributed by atoms with van der Waals surface area (Å²) in [6.07, 6.45) is 5.24. The molecule has 4 aromatic heterocycles. The van der Waals surface area contributed by atoms with Crippen LogP contribution in [-0.2, 0) is 13.0 Å². The summed E-state index contributed by atoms with van der Waals surface area (Å²) in [6.45, 7) is 0.458. The molecule has 0 aliphatic carbocycles. The number of H-pyrrole nitrogens is 1. The Morgan fingerprint density at radius 3 is 2.39 bits per heavy atom. The van der Waals surface area contributed by atoms with Gasteiger partial charge in [0.15, 0.2) is 11.5 Å². The quantitative estimate of drug-likeness (QED) is 0.399. The van der Waals surface area contributed by atoms with Crippen molar-refractivity contribution in [3.05, 3.63) is 81.4 Å². The third-order valence-electron chi connectivity index (χ3n) is 5.54. The smallest absolute Gasteiger partial charge is 0.266 e. The molecular formula is C23H20N6O4. The van der Waals surface area contributed by atoms with Crippen molar-refractivity contribution in [2.24, 2.45) is 0 Å². The van der Waals surface area contributed by atoms with E-state index in [1.165, 1.54) is 10.9 Å². The zero-order valence-corrected chi connectivity index (χ0v) is 18.0. The first-order chi connectivity index (χ1) is 16.1. The second kappa shape index (κ2) is 8.23. The highest BCUT2D eigenvalue weighted by molar-refractivity contribution is 5.91. The zero-order chi connectivity index (χ0) is 22.9. The topological polar surface area (TPSA) is 117 Å². The molecule has 0 saturated carbocycles. The van der Waals surface area contributed by atoms with Crippen LogP contribution in [0.25, 0.3) is 27.8 Å². The van der Waals surface area contributed by atoms with Crippen LogP contribution in [0.3, 0.4) is 0 Å². The Morgan fingerprint density at radius 2 is 1.67 bits per heavy atom. The lowest BCUT2D eigenvalue weighted by Crippen LogP contribution is -2.22. The Balaban J connectivity index is 1.52. The monoisotopic (exact) mass is 444 g/mol. The summed E-state index contributed by atoms with van der Waals surface area (Å²) in [5.74, 6) is 1.58. The number of aromatic amines is 1. The van der Waals surface area contributed by atoms with Crippen molar-refractivity contribution in [2.45, 2.75) is 13.0 Å². The third kappa shape index (κ3) is 3.61. The van der Waals surface area contributed by atoms with E-state index in [4.69, 9.17) is 9.47 Å². The molecule has 1 N–H and O–H groups in total. The lowest BCUT2D eigenvalue weighted by molar-refractivity contribution is 0.354. The molecule has 0 amide bonds. The van der Waals surface area contributed by atoms with E-state index in [0.717, 1.165) is 5.56 Å². The van der Waals surface area contributed by atoms with E-state index in [2.05, 4.69) is 20.2 Å². The van der Waals surface area contributed by atoms with Gasteiger partial charge in [0.05, 0.1) is 36.0 Å². The average Bonchev–Trinajstić information content (AvgIpc) is 3.38. The number of hydrogen-bond donors (Lipinski definition) is 1. The fraction of sp³-hybridized carbons (Fsp3) is 0.174. The minimum Gasteiger partial charge on any atom is -0.493 e. The van der Waals surface area contributed by atoms with Gasteiger partial charge in [0.1, 0.15) is 6.33 Å². The molecule has 1 aromatic carbocycles. The molecule has 0 saturated heterocycles. The van der Waals surface area contributed by atoms with Gasteiger partial charge in [-0.2, -0.15) is 10.1 Å². The first kappa shape index (κ1) is 20.4. The summed E-state index contributed by atoms with van der Waals surface area (Å²) in [4.78, 5) is 34.7. The van der Waals surface area contributed by atoms with Gasteiger partial charge in [-0.25, -0.2) is 10.1 Å². The summed E-state index contributed by atoms with van der Waals surface area (Å²) in [5.41, 5.74) is 1.50. The van der Waals surface area contributed by atoms with Crippen molar-refractivity contribution in [1.29, 1.82) is 0 Å². The van der Waals surface area contributed by atoms with Crippen molar-refractivity contribution in [1.82, 2.24) is 29.3 Å². The van der Waals surface area contributed by atoms with E-state index in [9.17, 15) is 9.59 Å². The first-order valence-electron chi connectivity index (χ1n) is 10.2. The number of rotatable bonds is 6. The van der Waals surface area contributed by atoms with Crippen molar-refractivity contribution < 1.29 is 9.47 Å². The van der Waals surface area contributed by atoms with E-state index in [1.54, 1.807) is 49.4 Å². The van der Waals surface area contributed by atoms with Crippen LogP contribution in [0.4, 0.5) is 0 Å². The molecule has 4 heterocycles. The third-order valence-corrected chi connectivity index (χ3v) is 5.54. The number of methoxy groups -OCH3 is 2. The fourth-order valence-corrected chi connectivity index (χ4v) is 3.81. The van der Waals surface area contributed by atoms with Crippen LogP contribution in [0.15, 0.2) is 64.7 Å². The maximum absolute atomic E-state index is 13.2. The minimum atomic E-state index is -0.334. The van der Waals surface area contributed by atoms with Crippen molar-refractivity contribution >= 4 is 21.8 Å². The predicted molar refractivity (Wildman–Crippen MR) is 122 cm³/mol. The van der Waals surface area contributed by atoms with Gasteiger partial charge in [-0.15, -0.1) is 0 Å². The molecule has 0 fully saturated rings. The second-order valence-electron chi connectivity index (χ2n) is 7.41. The van der Waals surface area contributed by atoms with Gasteiger partial charge in [-0.1, -0.05) is 6.07 Å². The van der Waals surface area contributed by atoms with Gasteiger partial charge in [0, 0.05) is 18.9 Å². The average molecular weight is 444 g/mol. The lowest BCUT2D eigenvalue weighted by Gasteiger charge is -2.11. The SMILES string of the molecule is COc1ccc(CCn2ccc3nc4ccn(-c5ncn[nH]5)c(=O)c4cc3c2=O)cc1OC. The van der Waals surface area contributed by atoms with Gasteiger partial charge in [0.25, 0.3) is 11.1 Å². The predicted octanol–water partition coefficient (Wildman–Crippen LogP) is 2.08. The van der Waals surface area contributed by atoms with E-state index in [-0.39, 0.29) is 11.1 Å². The minimum absolute atomic E-state index is 0.211. The highest BCUT2D eigenvalue weighted by Crippen LogP contribution is 2.27. The fourth-order valence-electron chi connectivity index (χ4n) is 3.81. The Morgan fingerprint density at radius 1 is 0.909 bits per heavy atom. The summed E-state index contributed by atoms with van der Waals surface area (Å²) >= 11 is 0. The summed E-state index contributed by atoms with van der Waals surface area (Å²) in [7, 11) is 3.17. The van der Waals surface area contributed by atoms with Crippen LogP contribution in [-0.4, -0.2) is 43.5 Å². The number of aromatic nitrogens is 6. The van der Waals surface area contributed by atoms with Crippen molar-refractivity contribution in [3.63, 3.8) is 0 Å². The van der Waals surface area contributed by atoms with Gasteiger partial charge in [0.2, 0.25) is 5.95 Å². The van der Waals surface area contributed by atoms with E-state index in [1.807, 2.05) is 18.2 Å². The Labute approximate surface area is 187 Å². The van der Waals surface area contributed by atoms with Crippen LogP contribution in [0.5, 0.6) is 11.5 Å². The summed E-state index contributed by atoms with van der Waals surface area (Å²) in [5, 5.41) is 7.15. The van der Waals surface area contributed by atoms with Crippen LogP contribution >= 0.6 is 0 Å².